The molecule has 1 amide bonds. The summed E-state index contributed by atoms with van der Waals surface area (Å²) in [7, 11) is 0. The Morgan fingerprint density at radius 2 is 2.21 bits per heavy atom. The highest BCUT2D eigenvalue weighted by atomic mass is 16.2. The average molecular weight is 194 g/mol. The molecule has 0 saturated carbocycles. The number of nitrogens with one attached hydrogen (secondary N) is 2. The summed E-state index contributed by atoms with van der Waals surface area (Å²) in [5.41, 5.74) is 0.518. The number of hydrogen-bond donors (Lipinski definition) is 2. The Morgan fingerprint density at radius 1 is 1.50 bits per heavy atom. The minimum Gasteiger partial charge on any atom is -0.366 e. The first-order valence-electron chi connectivity index (χ1n) is 4.62. The topological polar surface area (TPSA) is 62.0 Å². The Labute approximate surface area is 82.3 Å². The standard InChI is InChI=1S/C10H14N2O2/c1-3-4-12-10(14)8-6-11-5-7(2)9(8)13/h5-6H,3-4H2,1-2H3,(H,11,13)(H,12,14). The van der Waals surface area contributed by atoms with Crippen LogP contribution in [0.3, 0.4) is 0 Å². The molecule has 1 aromatic rings. The third-order valence-corrected chi connectivity index (χ3v) is 1.91. The van der Waals surface area contributed by atoms with Crippen LogP contribution in [0.1, 0.15) is 29.3 Å². The van der Waals surface area contributed by atoms with Gasteiger partial charge in [0.05, 0.1) is 0 Å². The number of rotatable bonds is 3. The maximum absolute atomic E-state index is 11.5. The molecule has 76 valence electrons. The Morgan fingerprint density at radius 3 is 2.86 bits per heavy atom. The van der Waals surface area contributed by atoms with Crippen LogP contribution in [0, 0.1) is 6.92 Å². The van der Waals surface area contributed by atoms with Crippen LogP contribution in [-0.2, 0) is 0 Å². The van der Waals surface area contributed by atoms with Crippen LogP contribution in [0.2, 0.25) is 0 Å². The summed E-state index contributed by atoms with van der Waals surface area (Å²) in [6, 6.07) is 0. The van der Waals surface area contributed by atoms with E-state index in [0.717, 1.165) is 6.42 Å². The number of pyridine rings is 1. The molecule has 1 rings (SSSR count). The molecular formula is C10H14N2O2. The van der Waals surface area contributed by atoms with Gasteiger partial charge in [-0.1, -0.05) is 6.92 Å². The van der Waals surface area contributed by atoms with Gasteiger partial charge in [-0.2, -0.15) is 0 Å². The van der Waals surface area contributed by atoms with Crippen LogP contribution in [-0.4, -0.2) is 17.4 Å². The van der Waals surface area contributed by atoms with Crippen molar-refractivity contribution in [1.29, 1.82) is 0 Å². The molecule has 0 bridgehead atoms. The average Bonchev–Trinajstić information content (AvgIpc) is 2.18. The van der Waals surface area contributed by atoms with E-state index in [9.17, 15) is 9.59 Å². The maximum Gasteiger partial charge on any atom is 0.256 e. The van der Waals surface area contributed by atoms with E-state index in [4.69, 9.17) is 0 Å². The molecule has 0 atom stereocenters. The Hall–Kier alpha value is -1.58. The van der Waals surface area contributed by atoms with E-state index in [1.807, 2.05) is 6.92 Å². The van der Waals surface area contributed by atoms with E-state index in [1.54, 1.807) is 13.1 Å². The molecule has 4 heteroatoms. The largest absolute Gasteiger partial charge is 0.366 e. The van der Waals surface area contributed by atoms with Crippen LogP contribution in [0.25, 0.3) is 0 Å². The minimum atomic E-state index is -0.309. The van der Waals surface area contributed by atoms with Crippen LogP contribution in [0.5, 0.6) is 0 Å². The molecule has 14 heavy (non-hydrogen) atoms. The second kappa shape index (κ2) is 4.60. The Balaban J connectivity index is 2.91. The van der Waals surface area contributed by atoms with Gasteiger partial charge in [-0.3, -0.25) is 9.59 Å². The number of carbonyl (C=O) groups is 1. The van der Waals surface area contributed by atoms with Gasteiger partial charge in [-0.05, 0) is 13.3 Å². The molecular weight excluding hydrogens is 180 g/mol. The second-order valence-electron chi connectivity index (χ2n) is 3.14. The second-order valence-corrected chi connectivity index (χ2v) is 3.14. The number of aromatic amines is 1. The monoisotopic (exact) mass is 194 g/mol. The van der Waals surface area contributed by atoms with E-state index in [1.165, 1.54) is 6.20 Å². The van der Waals surface area contributed by atoms with E-state index >= 15 is 0 Å². The van der Waals surface area contributed by atoms with Crippen LogP contribution >= 0.6 is 0 Å². The van der Waals surface area contributed by atoms with Crippen LogP contribution in [0.4, 0.5) is 0 Å². The molecule has 0 radical (unpaired) electrons. The lowest BCUT2D eigenvalue weighted by Gasteiger charge is -2.02. The van der Waals surface area contributed by atoms with Crippen molar-refractivity contribution in [2.75, 3.05) is 6.54 Å². The minimum absolute atomic E-state index is 0.179. The number of carbonyl (C=O) groups excluding carboxylic acids is 1. The van der Waals surface area contributed by atoms with Gasteiger partial charge in [0.25, 0.3) is 5.91 Å². The van der Waals surface area contributed by atoms with E-state index in [2.05, 4.69) is 10.3 Å². The molecule has 1 aromatic heterocycles. The van der Waals surface area contributed by atoms with Gasteiger partial charge in [0.15, 0.2) is 5.43 Å². The number of aryl methyl sites for hydroxylation is 1. The zero-order valence-corrected chi connectivity index (χ0v) is 8.39. The molecule has 0 fully saturated rings. The fourth-order valence-electron chi connectivity index (χ4n) is 1.10. The van der Waals surface area contributed by atoms with Crippen molar-refractivity contribution >= 4 is 5.91 Å². The smallest absolute Gasteiger partial charge is 0.256 e. The fourth-order valence-corrected chi connectivity index (χ4v) is 1.10. The summed E-state index contributed by atoms with van der Waals surface area (Å²) in [5, 5.41) is 2.66. The first-order chi connectivity index (χ1) is 6.66. The maximum atomic E-state index is 11.5. The Bertz CT molecular complexity index is 382. The molecule has 1 heterocycles. The highest BCUT2D eigenvalue weighted by molar-refractivity contribution is 5.93. The molecule has 2 N–H and O–H groups in total. The summed E-state index contributed by atoms with van der Waals surface area (Å²) in [5.74, 6) is -0.309. The van der Waals surface area contributed by atoms with Crippen molar-refractivity contribution in [1.82, 2.24) is 10.3 Å². The molecule has 4 nitrogen and oxygen atoms in total. The highest BCUT2D eigenvalue weighted by Crippen LogP contribution is 1.92. The van der Waals surface area contributed by atoms with Crippen molar-refractivity contribution in [2.24, 2.45) is 0 Å². The highest BCUT2D eigenvalue weighted by Gasteiger charge is 2.09. The molecule has 0 aliphatic carbocycles. The van der Waals surface area contributed by atoms with Gasteiger partial charge in [0.1, 0.15) is 5.56 Å². The number of amides is 1. The lowest BCUT2D eigenvalue weighted by Crippen LogP contribution is -2.29. The quantitative estimate of drug-likeness (QED) is 0.748. The van der Waals surface area contributed by atoms with Crippen molar-refractivity contribution in [3.05, 3.63) is 33.7 Å². The molecule has 0 saturated heterocycles. The number of H-pyrrole nitrogens is 1. The van der Waals surface area contributed by atoms with Crippen molar-refractivity contribution in [2.45, 2.75) is 20.3 Å². The first-order valence-corrected chi connectivity index (χ1v) is 4.62. The van der Waals surface area contributed by atoms with Crippen LogP contribution < -0.4 is 10.7 Å². The van der Waals surface area contributed by atoms with Crippen molar-refractivity contribution < 1.29 is 4.79 Å². The Kier molecular flexibility index (Phi) is 3.45. The van der Waals surface area contributed by atoms with E-state index in [-0.39, 0.29) is 16.9 Å². The zero-order chi connectivity index (χ0) is 10.6. The number of aromatic nitrogens is 1. The summed E-state index contributed by atoms with van der Waals surface area (Å²) in [4.78, 5) is 25.7. The third kappa shape index (κ3) is 2.22. The third-order valence-electron chi connectivity index (χ3n) is 1.91. The van der Waals surface area contributed by atoms with Gasteiger partial charge >= 0.3 is 0 Å². The first kappa shape index (κ1) is 10.5. The molecule has 0 aliphatic heterocycles. The normalized spacial score (nSPS) is 9.86. The molecule has 0 spiro atoms. The summed E-state index contributed by atoms with van der Waals surface area (Å²) >= 11 is 0. The van der Waals surface area contributed by atoms with Crippen molar-refractivity contribution in [3.8, 4) is 0 Å². The molecule has 0 aliphatic rings. The fraction of sp³-hybridized carbons (Fsp3) is 0.400. The molecule has 0 aromatic carbocycles. The summed E-state index contributed by atoms with van der Waals surface area (Å²) in [6.07, 6.45) is 3.87. The van der Waals surface area contributed by atoms with Gasteiger partial charge in [-0.15, -0.1) is 0 Å². The van der Waals surface area contributed by atoms with Gasteiger partial charge in [0.2, 0.25) is 0 Å². The lowest BCUT2D eigenvalue weighted by atomic mass is 10.2. The van der Waals surface area contributed by atoms with Gasteiger partial charge in [0, 0.05) is 24.5 Å². The van der Waals surface area contributed by atoms with Gasteiger partial charge < -0.3 is 10.3 Å². The van der Waals surface area contributed by atoms with Gasteiger partial charge in [-0.25, -0.2) is 0 Å². The lowest BCUT2D eigenvalue weighted by molar-refractivity contribution is 0.0952. The predicted molar refractivity (Wildman–Crippen MR) is 54.4 cm³/mol. The van der Waals surface area contributed by atoms with E-state index < -0.39 is 0 Å². The molecule has 0 unspecified atom stereocenters. The van der Waals surface area contributed by atoms with E-state index in [0.29, 0.717) is 12.1 Å². The predicted octanol–water partition coefficient (Wildman–Crippen LogP) is 0.823. The summed E-state index contributed by atoms with van der Waals surface area (Å²) < 4.78 is 0. The SMILES string of the molecule is CCCNC(=O)c1c[nH]cc(C)c1=O. The van der Waals surface area contributed by atoms with Crippen molar-refractivity contribution in [3.63, 3.8) is 0 Å². The van der Waals surface area contributed by atoms with Crippen LogP contribution in [0.15, 0.2) is 17.2 Å². The number of hydrogen-bond acceptors (Lipinski definition) is 2. The summed E-state index contributed by atoms with van der Waals surface area (Å²) in [6.45, 7) is 4.22. The zero-order valence-electron chi connectivity index (χ0n) is 8.39.